The van der Waals surface area contributed by atoms with Crippen molar-refractivity contribution in [1.82, 2.24) is 15.2 Å². The van der Waals surface area contributed by atoms with Gasteiger partial charge in [-0.1, -0.05) is 0 Å². The van der Waals surface area contributed by atoms with Crippen LogP contribution in [0, 0.1) is 17.7 Å². The van der Waals surface area contributed by atoms with E-state index in [1.807, 2.05) is 0 Å². The van der Waals surface area contributed by atoms with Crippen molar-refractivity contribution in [2.75, 3.05) is 32.7 Å². The maximum Gasteiger partial charge on any atom is 0.182 e. The molecule has 0 amide bonds. The van der Waals surface area contributed by atoms with Crippen molar-refractivity contribution < 1.29 is 9.18 Å². The fourth-order valence-corrected chi connectivity index (χ4v) is 4.20. The van der Waals surface area contributed by atoms with Crippen molar-refractivity contribution in [3.05, 3.63) is 41.5 Å². The molecule has 6 N–H and O–H groups in total. The van der Waals surface area contributed by atoms with Crippen molar-refractivity contribution in [2.45, 2.75) is 25.7 Å². The number of hydrogen-bond donors (Lipinski definition) is 4. The minimum absolute atomic E-state index is 0.0612. The summed E-state index contributed by atoms with van der Waals surface area (Å²) < 4.78 is 13.9. The van der Waals surface area contributed by atoms with Crippen LogP contribution in [0.25, 0.3) is 16.6 Å². The highest BCUT2D eigenvalue weighted by molar-refractivity contribution is 6.08. The van der Waals surface area contributed by atoms with Gasteiger partial charge in [0, 0.05) is 48.2 Å². The van der Waals surface area contributed by atoms with Crippen LogP contribution in [0.4, 0.5) is 4.39 Å². The van der Waals surface area contributed by atoms with Crippen molar-refractivity contribution in [3.63, 3.8) is 0 Å². The summed E-state index contributed by atoms with van der Waals surface area (Å²) in [6, 6.07) is 4.50. The molecule has 2 fully saturated rings. The van der Waals surface area contributed by atoms with Gasteiger partial charge in [-0.3, -0.25) is 4.79 Å². The van der Waals surface area contributed by atoms with Crippen LogP contribution in [0.15, 0.2) is 24.4 Å². The smallest absolute Gasteiger partial charge is 0.182 e. The van der Waals surface area contributed by atoms with Crippen molar-refractivity contribution >= 4 is 22.4 Å². The Balaban J connectivity index is 1.48. The standard InChI is InChI=1S/C22H30FN5O/c23-16-3-4-19-17(11-16)20(21(27-19)22(29)15-1-2-15)18(25)13-26-12-14-5-8-28(9-6-14)10-7-24/h3-4,11,13-15,26-27H,1-2,5-10,12,24-25H2/b18-13-. The molecule has 7 heteroatoms. The first-order valence-corrected chi connectivity index (χ1v) is 10.5. The Morgan fingerprint density at radius 2 is 2.03 bits per heavy atom. The molecule has 2 heterocycles. The van der Waals surface area contributed by atoms with Crippen LogP contribution in [-0.2, 0) is 0 Å². The van der Waals surface area contributed by atoms with E-state index < -0.39 is 0 Å². The first-order valence-electron chi connectivity index (χ1n) is 10.5. The van der Waals surface area contributed by atoms with Crippen LogP contribution in [0.3, 0.4) is 0 Å². The van der Waals surface area contributed by atoms with Gasteiger partial charge in [0.25, 0.3) is 0 Å². The Kier molecular flexibility index (Phi) is 5.87. The second-order valence-corrected chi connectivity index (χ2v) is 8.29. The number of piperidine rings is 1. The van der Waals surface area contributed by atoms with Gasteiger partial charge in [0.15, 0.2) is 5.78 Å². The molecule has 1 aromatic carbocycles. The van der Waals surface area contributed by atoms with Gasteiger partial charge in [0.1, 0.15) is 5.82 Å². The van der Waals surface area contributed by atoms with Crippen LogP contribution in [0.5, 0.6) is 0 Å². The number of carbonyl (C=O) groups excluding carboxylic acids is 1. The first kappa shape index (κ1) is 19.9. The predicted molar refractivity (Wildman–Crippen MR) is 114 cm³/mol. The third-order valence-electron chi connectivity index (χ3n) is 6.06. The number of nitrogens with one attached hydrogen (secondary N) is 2. The van der Waals surface area contributed by atoms with Gasteiger partial charge in [-0.25, -0.2) is 4.39 Å². The van der Waals surface area contributed by atoms with Gasteiger partial charge in [0.05, 0.1) is 11.4 Å². The molecule has 0 atom stereocenters. The molecule has 0 bridgehead atoms. The molecule has 0 radical (unpaired) electrons. The zero-order valence-corrected chi connectivity index (χ0v) is 16.7. The Morgan fingerprint density at radius 1 is 1.28 bits per heavy atom. The molecule has 2 aliphatic rings. The third kappa shape index (κ3) is 4.46. The van der Waals surface area contributed by atoms with Gasteiger partial charge in [-0.2, -0.15) is 0 Å². The average Bonchev–Trinajstić information content (AvgIpc) is 3.49. The second-order valence-electron chi connectivity index (χ2n) is 8.29. The summed E-state index contributed by atoms with van der Waals surface area (Å²) in [7, 11) is 0. The molecule has 29 heavy (non-hydrogen) atoms. The Labute approximate surface area is 170 Å². The van der Waals surface area contributed by atoms with E-state index >= 15 is 0 Å². The van der Waals surface area contributed by atoms with Crippen molar-refractivity contribution in [3.8, 4) is 0 Å². The van der Waals surface area contributed by atoms with Crippen LogP contribution < -0.4 is 16.8 Å². The third-order valence-corrected chi connectivity index (χ3v) is 6.06. The lowest BCUT2D eigenvalue weighted by atomic mass is 9.97. The summed E-state index contributed by atoms with van der Waals surface area (Å²) in [5.74, 6) is 0.376. The number of hydrogen-bond acceptors (Lipinski definition) is 5. The van der Waals surface area contributed by atoms with Gasteiger partial charge in [0.2, 0.25) is 0 Å². The lowest BCUT2D eigenvalue weighted by molar-refractivity contribution is 0.0963. The van der Waals surface area contributed by atoms with E-state index in [0.29, 0.717) is 34.8 Å². The lowest BCUT2D eigenvalue weighted by Crippen LogP contribution is -2.39. The van der Waals surface area contributed by atoms with Crippen LogP contribution in [0.1, 0.15) is 41.7 Å². The number of nitrogens with zero attached hydrogens (tertiary/aromatic N) is 1. The minimum Gasteiger partial charge on any atom is -0.397 e. The number of carbonyl (C=O) groups is 1. The molecule has 1 aliphatic heterocycles. The summed E-state index contributed by atoms with van der Waals surface area (Å²) in [5, 5.41) is 3.98. The Bertz CT molecular complexity index is 909. The van der Waals surface area contributed by atoms with Crippen LogP contribution in [-0.4, -0.2) is 48.4 Å². The number of likely N-dealkylation sites (tertiary alicyclic amines) is 1. The quantitative estimate of drug-likeness (QED) is 0.511. The number of halogens is 1. The lowest BCUT2D eigenvalue weighted by Gasteiger charge is -2.31. The molecule has 1 saturated carbocycles. The van der Waals surface area contributed by atoms with Crippen molar-refractivity contribution in [2.24, 2.45) is 23.3 Å². The Hall–Kier alpha value is -2.38. The van der Waals surface area contributed by atoms with Crippen LogP contribution in [0.2, 0.25) is 0 Å². The van der Waals surface area contributed by atoms with Crippen molar-refractivity contribution in [1.29, 1.82) is 0 Å². The summed E-state index contributed by atoms with van der Waals surface area (Å²) in [6.07, 6.45) is 5.85. The molecule has 156 valence electrons. The average molecular weight is 400 g/mol. The number of nitrogens with two attached hydrogens (primary N) is 2. The molecule has 2 aromatic rings. The van der Waals surface area contributed by atoms with E-state index in [1.54, 1.807) is 12.3 Å². The highest BCUT2D eigenvalue weighted by Crippen LogP contribution is 2.36. The number of aromatic nitrogens is 1. The van der Waals surface area contributed by atoms with Crippen LogP contribution >= 0.6 is 0 Å². The molecule has 0 spiro atoms. The van der Waals surface area contributed by atoms with Gasteiger partial charge in [-0.15, -0.1) is 0 Å². The SMILES string of the molecule is NCCN1CCC(CN/C=C(\N)c2c(C(=O)C3CC3)[nH]c3ccc(F)cc23)CC1. The van der Waals surface area contributed by atoms with E-state index in [1.165, 1.54) is 12.1 Å². The second kappa shape index (κ2) is 8.55. The summed E-state index contributed by atoms with van der Waals surface area (Å²) in [4.78, 5) is 18.3. The van der Waals surface area contributed by atoms with E-state index in [9.17, 15) is 9.18 Å². The fraction of sp³-hybridized carbons (Fsp3) is 0.500. The maximum absolute atomic E-state index is 13.9. The first-order chi connectivity index (χ1) is 14.1. The summed E-state index contributed by atoms with van der Waals surface area (Å²) in [5.41, 5.74) is 14.3. The van der Waals surface area contributed by atoms with E-state index in [-0.39, 0.29) is 17.5 Å². The largest absolute Gasteiger partial charge is 0.397 e. The number of rotatable bonds is 8. The zero-order chi connectivity index (χ0) is 20.4. The van der Waals surface area contributed by atoms with E-state index in [0.717, 1.165) is 57.4 Å². The number of Topliss-reactive ketones (excluding diaryl/α,β-unsaturated/α-hetero) is 1. The number of fused-ring (bicyclic) bond motifs is 1. The normalized spacial score (nSPS) is 19.0. The minimum atomic E-state index is -0.340. The topological polar surface area (TPSA) is 100 Å². The van der Waals surface area contributed by atoms with E-state index in [4.69, 9.17) is 11.5 Å². The summed E-state index contributed by atoms with van der Waals surface area (Å²) in [6.45, 7) is 4.64. The number of H-pyrrole nitrogens is 1. The number of benzene rings is 1. The zero-order valence-electron chi connectivity index (χ0n) is 16.7. The highest BCUT2D eigenvalue weighted by atomic mass is 19.1. The molecule has 1 saturated heterocycles. The van der Waals surface area contributed by atoms with Gasteiger partial charge in [-0.05, 0) is 62.9 Å². The van der Waals surface area contributed by atoms with Gasteiger partial charge >= 0.3 is 0 Å². The Morgan fingerprint density at radius 3 is 2.72 bits per heavy atom. The predicted octanol–water partition coefficient (Wildman–Crippen LogP) is 2.42. The molecular weight excluding hydrogens is 369 g/mol. The molecule has 6 nitrogen and oxygen atoms in total. The highest BCUT2D eigenvalue weighted by Gasteiger charge is 2.33. The fourth-order valence-electron chi connectivity index (χ4n) is 4.20. The molecule has 1 aliphatic carbocycles. The molecule has 0 unspecified atom stereocenters. The molecule has 4 rings (SSSR count). The number of ketones is 1. The molecular formula is C22H30FN5O. The van der Waals surface area contributed by atoms with E-state index in [2.05, 4.69) is 15.2 Å². The number of aromatic amines is 1. The monoisotopic (exact) mass is 399 g/mol. The molecule has 1 aromatic heterocycles. The van der Waals surface area contributed by atoms with Gasteiger partial charge < -0.3 is 26.7 Å². The summed E-state index contributed by atoms with van der Waals surface area (Å²) >= 11 is 0. The maximum atomic E-state index is 13.9.